The molecule has 1 saturated heterocycles. The lowest BCUT2D eigenvalue weighted by Gasteiger charge is -2.28. The van der Waals surface area contributed by atoms with Gasteiger partial charge in [0.1, 0.15) is 12.3 Å². The second-order valence-corrected chi connectivity index (χ2v) is 7.43. The number of amides is 2. The average Bonchev–Trinajstić information content (AvgIpc) is 2.84. The minimum atomic E-state index is -1.02. The van der Waals surface area contributed by atoms with Crippen LogP contribution >= 0.6 is 0 Å². The van der Waals surface area contributed by atoms with Crippen LogP contribution in [-0.2, 0) is 14.4 Å². The van der Waals surface area contributed by atoms with E-state index in [4.69, 9.17) is 9.84 Å². The molecule has 0 aromatic heterocycles. The number of hydrogen-bond donors (Lipinski definition) is 1. The molecule has 2 rings (SSSR count). The van der Waals surface area contributed by atoms with E-state index in [1.54, 1.807) is 4.90 Å². The number of likely N-dealkylation sites (tertiary alicyclic amines) is 1. The fraction of sp³-hybridized carbons (Fsp3) is 0.571. The molecule has 1 fully saturated rings. The third-order valence-electron chi connectivity index (χ3n) is 4.98. The van der Waals surface area contributed by atoms with Crippen molar-refractivity contribution in [1.29, 1.82) is 0 Å². The highest BCUT2D eigenvalue weighted by molar-refractivity contribution is 5.80. The van der Waals surface area contributed by atoms with E-state index in [0.717, 1.165) is 23.3 Å². The van der Waals surface area contributed by atoms with Crippen molar-refractivity contribution in [2.45, 2.75) is 52.5 Å². The Kier molecular flexibility index (Phi) is 7.84. The Balaban J connectivity index is 1.84. The van der Waals surface area contributed by atoms with Crippen molar-refractivity contribution >= 4 is 17.8 Å². The van der Waals surface area contributed by atoms with Crippen molar-refractivity contribution in [3.8, 4) is 5.75 Å². The SMILES string of the molecule is CC(=O)N(CC(=O)O)C1CCCN(C(=O)CCOc2cc(C)cc(C)c2)CC1. The smallest absolute Gasteiger partial charge is 0.323 e. The highest BCUT2D eigenvalue weighted by atomic mass is 16.5. The van der Waals surface area contributed by atoms with Crippen molar-refractivity contribution in [2.24, 2.45) is 0 Å². The first-order chi connectivity index (χ1) is 13.3. The Hall–Kier alpha value is -2.57. The van der Waals surface area contributed by atoms with Gasteiger partial charge >= 0.3 is 5.97 Å². The normalized spacial score (nSPS) is 17.0. The summed E-state index contributed by atoms with van der Waals surface area (Å²) in [4.78, 5) is 38.5. The zero-order valence-electron chi connectivity index (χ0n) is 16.9. The topological polar surface area (TPSA) is 87.2 Å². The number of carboxylic acids is 1. The van der Waals surface area contributed by atoms with E-state index in [1.807, 2.05) is 26.0 Å². The highest BCUT2D eigenvalue weighted by Gasteiger charge is 2.27. The Morgan fingerprint density at radius 1 is 1.14 bits per heavy atom. The molecule has 154 valence electrons. The van der Waals surface area contributed by atoms with Gasteiger partial charge in [-0.3, -0.25) is 14.4 Å². The van der Waals surface area contributed by atoms with E-state index in [0.29, 0.717) is 39.0 Å². The van der Waals surface area contributed by atoms with Crippen LogP contribution in [0.2, 0.25) is 0 Å². The summed E-state index contributed by atoms with van der Waals surface area (Å²) >= 11 is 0. The van der Waals surface area contributed by atoms with Gasteiger partial charge in [0.15, 0.2) is 0 Å². The van der Waals surface area contributed by atoms with Gasteiger partial charge in [0.25, 0.3) is 0 Å². The van der Waals surface area contributed by atoms with Gasteiger partial charge in [-0.15, -0.1) is 0 Å². The fourth-order valence-corrected chi connectivity index (χ4v) is 3.71. The summed E-state index contributed by atoms with van der Waals surface area (Å²) in [6, 6.07) is 5.83. The predicted molar refractivity (Wildman–Crippen MR) is 105 cm³/mol. The van der Waals surface area contributed by atoms with Crippen molar-refractivity contribution in [3.63, 3.8) is 0 Å². The molecule has 2 amide bonds. The van der Waals surface area contributed by atoms with Crippen LogP contribution in [0.15, 0.2) is 18.2 Å². The first-order valence-corrected chi connectivity index (χ1v) is 9.74. The molecule has 1 aromatic carbocycles. The maximum absolute atomic E-state index is 12.5. The monoisotopic (exact) mass is 390 g/mol. The van der Waals surface area contributed by atoms with E-state index >= 15 is 0 Å². The molecule has 0 spiro atoms. The van der Waals surface area contributed by atoms with Crippen LogP contribution < -0.4 is 4.74 Å². The lowest BCUT2D eigenvalue weighted by atomic mass is 10.1. The van der Waals surface area contributed by atoms with Crippen molar-refractivity contribution in [1.82, 2.24) is 9.80 Å². The molecule has 0 radical (unpaired) electrons. The van der Waals surface area contributed by atoms with Gasteiger partial charge in [0.2, 0.25) is 11.8 Å². The number of ether oxygens (including phenoxy) is 1. The number of carboxylic acid groups (broad SMARTS) is 1. The summed E-state index contributed by atoms with van der Waals surface area (Å²) in [5.41, 5.74) is 2.24. The quantitative estimate of drug-likeness (QED) is 0.772. The molecule has 1 aliphatic heterocycles. The number of benzene rings is 1. The van der Waals surface area contributed by atoms with E-state index < -0.39 is 5.97 Å². The van der Waals surface area contributed by atoms with E-state index in [1.165, 1.54) is 11.8 Å². The Morgan fingerprint density at radius 3 is 2.43 bits per heavy atom. The largest absolute Gasteiger partial charge is 0.493 e. The Labute approximate surface area is 166 Å². The summed E-state index contributed by atoms with van der Waals surface area (Å²) in [6.45, 7) is 6.58. The van der Waals surface area contributed by atoms with Crippen LogP contribution in [0.25, 0.3) is 0 Å². The minimum absolute atomic E-state index is 0.0256. The second-order valence-electron chi connectivity index (χ2n) is 7.43. The molecule has 1 heterocycles. The van der Waals surface area contributed by atoms with Crippen molar-refractivity contribution in [3.05, 3.63) is 29.3 Å². The van der Waals surface area contributed by atoms with Gasteiger partial charge in [0, 0.05) is 26.1 Å². The van der Waals surface area contributed by atoms with Crippen molar-refractivity contribution in [2.75, 3.05) is 26.2 Å². The van der Waals surface area contributed by atoms with E-state index in [9.17, 15) is 14.4 Å². The summed E-state index contributed by atoms with van der Waals surface area (Å²) in [5.74, 6) is -0.463. The summed E-state index contributed by atoms with van der Waals surface area (Å²) in [6.07, 6.45) is 2.34. The van der Waals surface area contributed by atoms with Crippen LogP contribution in [0.5, 0.6) is 5.75 Å². The first kappa shape index (κ1) is 21.7. The summed E-state index contributed by atoms with van der Waals surface area (Å²) in [7, 11) is 0. The number of rotatable bonds is 7. The molecule has 1 aromatic rings. The molecular formula is C21H30N2O5. The number of carbonyl (C=O) groups is 3. The maximum atomic E-state index is 12.5. The van der Waals surface area contributed by atoms with Gasteiger partial charge < -0.3 is 19.6 Å². The number of hydrogen-bond acceptors (Lipinski definition) is 4. The lowest BCUT2D eigenvalue weighted by molar-refractivity contribution is -0.145. The van der Waals surface area contributed by atoms with Gasteiger partial charge in [-0.05, 0) is 56.4 Å². The first-order valence-electron chi connectivity index (χ1n) is 9.74. The Morgan fingerprint density at radius 2 is 1.82 bits per heavy atom. The average molecular weight is 390 g/mol. The van der Waals surface area contributed by atoms with Crippen LogP contribution in [0.1, 0.15) is 43.7 Å². The molecule has 7 heteroatoms. The fourth-order valence-electron chi connectivity index (χ4n) is 3.71. The molecule has 0 bridgehead atoms. The van der Waals surface area contributed by atoms with Crippen LogP contribution in [0, 0.1) is 13.8 Å². The van der Waals surface area contributed by atoms with E-state index in [2.05, 4.69) is 6.07 Å². The predicted octanol–water partition coefficient (Wildman–Crippen LogP) is 2.39. The van der Waals surface area contributed by atoms with Crippen molar-refractivity contribution < 1.29 is 24.2 Å². The zero-order chi connectivity index (χ0) is 20.7. The van der Waals surface area contributed by atoms with Crippen LogP contribution in [0.3, 0.4) is 0 Å². The molecular weight excluding hydrogens is 360 g/mol. The van der Waals surface area contributed by atoms with E-state index in [-0.39, 0.29) is 24.4 Å². The second kappa shape index (κ2) is 10.1. The third kappa shape index (κ3) is 6.55. The molecule has 7 nitrogen and oxygen atoms in total. The van der Waals surface area contributed by atoms with Crippen LogP contribution in [-0.4, -0.2) is 65.0 Å². The van der Waals surface area contributed by atoms with Gasteiger partial charge in [-0.2, -0.15) is 0 Å². The van der Waals surface area contributed by atoms with Gasteiger partial charge in [-0.1, -0.05) is 6.07 Å². The van der Waals surface area contributed by atoms with Gasteiger partial charge in [-0.25, -0.2) is 0 Å². The highest BCUT2D eigenvalue weighted by Crippen LogP contribution is 2.19. The molecule has 1 unspecified atom stereocenters. The number of carbonyl (C=O) groups excluding carboxylic acids is 2. The molecule has 0 aliphatic carbocycles. The third-order valence-corrected chi connectivity index (χ3v) is 4.98. The number of aliphatic carboxylic acids is 1. The van der Waals surface area contributed by atoms with Gasteiger partial charge in [0.05, 0.1) is 13.0 Å². The maximum Gasteiger partial charge on any atom is 0.323 e. The van der Waals surface area contributed by atoms with Crippen LogP contribution in [0.4, 0.5) is 0 Å². The minimum Gasteiger partial charge on any atom is -0.493 e. The summed E-state index contributed by atoms with van der Waals surface area (Å²) in [5, 5.41) is 9.03. The molecule has 1 atom stereocenters. The standard InChI is InChI=1S/C21H30N2O5/c1-15-11-16(2)13-19(12-15)28-10-7-20(25)22-8-4-5-18(6-9-22)23(17(3)24)14-21(26)27/h11-13,18H,4-10,14H2,1-3H3,(H,26,27). The molecule has 1 N–H and O–H groups in total. The lowest BCUT2D eigenvalue weighted by Crippen LogP contribution is -2.43. The number of nitrogens with zero attached hydrogens (tertiary/aromatic N) is 2. The Bertz CT molecular complexity index is 698. The zero-order valence-corrected chi connectivity index (χ0v) is 16.9. The number of aryl methyl sites for hydroxylation is 2. The molecule has 1 aliphatic rings. The molecule has 0 saturated carbocycles. The summed E-state index contributed by atoms with van der Waals surface area (Å²) < 4.78 is 5.73. The molecule has 28 heavy (non-hydrogen) atoms.